The number of hydrogen-bond donors (Lipinski definition) is 0. The number of likely N-dealkylation sites (tertiary alicyclic amines) is 1. The second-order valence-corrected chi connectivity index (χ2v) is 7.38. The molecule has 1 unspecified atom stereocenters. The van der Waals surface area contributed by atoms with Crippen LogP contribution in [0, 0.1) is 13.8 Å². The lowest BCUT2D eigenvalue weighted by Crippen LogP contribution is -2.41. The van der Waals surface area contributed by atoms with Gasteiger partial charge in [0, 0.05) is 31.9 Å². The molecule has 0 saturated carbocycles. The summed E-state index contributed by atoms with van der Waals surface area (Å²) in [6.45, 7) is 8.12. The highest BCUT2D eigenvalue weighted by Crippen LogP contribution is 2.24. The van der Waals surface area contributed by atoms with Crippen LogP contribution >= 0.6 is 0 Å². The molecule has 1 aromatic carbocycles. The van der Waals surface area contributed by atoms with Gasteiger partial charge in [0.25, 0.3) is 0 Å². The minimum atomic E-state index is 0.253. The van der Waals surface area contributed by atoms with Gasteiger partial charge in [0.05, 0.1) is 18.3 Å². The quantitative estimate of drug-likeness (QED) is 0.862. The molecule has 1 aromatic heterocycles. The van der Waals surface area contributed by atoms with E-state index in [9.17, 15) is 4.79 Å². The maximum atomic E-state index is 12.7. The van der Waals surface area contributed by atoms with Crippen LogP contribution in [0.2, 0.25) is 0 Å². The van der Waals surface area contributed by atoms with Crippen LogP contribution in [0.15, 0.2) is 30.3 Å². The minimum absolute atomic E-state index is 0.253. The van der Waals surface area contributed by atoms with E-state index in [2.05, 4.69) is 51.9 Å². The molecule has 0 aliphatic carbocycles. The normalized spacial score (nSPS) is 20.7. The molecule has 5 nitrogen and oxygen atoms in total. The molecule has 1 fully saturated rings. The van der Waals surface area contributed by atoms with Crippen LogP contribution in [0.3, 0.4) is 0 Å². The molecule has 1 saturated heterocycles. The van der Waals surface area contributed by atoms with Crippen molar-refractivity contribution in [3.8, 4) is 0 Å². The van der Waals surface area contributed by atoms with Crippen molar-refractivity contribution in [1.82, 2.24) is 19.6 Å². The number of hydrogen-bond acceptors (Lipinski definition) is 3. The Labute approximate surface area is 149 Å². The molecule has 25 heavy (non-hydrogen) atoms. The first kappa shape index (κ1) is 16.3. The number of carbonyl (C=O) groups is 1. The van der Waals surface area contributed by atoms with Gasteiger partial charge in [-0.3, -0.25) is 14.4 Å². The summed E-state index contributed by atoms with van der Waals surface area (Å²) in [5, 5.41) is 4.59. The Morgan fingerprint density at radius 2 is 2.00 bits per heavy atom. The second-order valence-electron chi connectivity index (χ2n) is 7.38. The number of aromatic nitrogens is 2. The van der Waals surface area contributed by atoms with Crippen molar-refractivity contribution in [2.75, 3.05) is 26.2 Å². The van der Waals surface area contributed by atoms with E-state index in [1.807, 2.05) is 11.8 Å². The molecular formula is C20H26N4O. The van der Waals surface area contributed by atoms with Crippen molar-refractivity contribution in [3.05, 3.63) is 52.8 Å². The van der Waals surface area contributed by atoms with Gasteiger partial charge < -0.3 is 4.90 Å². The van der Waals surface area contributed by atoms with Crippen LogP contribution < -0.4 is 0 Å². The second kappa shape index (κ2) is 6.64. The predicted octanol–water partition coefficient (Wildman–Crippen LogP) is 2.33. The van der Waals surface area contributed by atoms with Crippen LogP contribution in [0.5, 0.6) is 0 Å². The highest BCUT2D eigenvalue weighted by Gasteiger charge is 2.30. The zero-order valence-electron chi connectivity index (χ0n) is 15.1. The highest BCUT2D eigenvalue weighted by molar-refractivity contribution is 5.78. The highest BCUT2D eigenvalue weighted by atomic mass is 16.2. The van der Waals surface area contributed by atoms with Crippen molar-refractivity contribution in [2.45, 2.75) is 39.3 Å². The van der Waals surface area contributed by atoms with Gasteiger partial charge in [0.15, 0.2) is 0 Å². The third-order valence-corrected chi connectivity index (χ3v) is 5.48. The molecule has 5 heteroatoms. The van der Waals surface area contributed by atoms with Crippen molar-refractivity contribution in [2.24, 2.45) is 0 Å². The van der Waals surface area contributed by atoms with E-state index in [0.717, 1.165) is 44.7 Å². The first-order chi connectivity index (χ1) is 12.1. The van der Waals surface area contributed by atoms with E-state index < -0.39 is 0 Å². The van der Waals surface area contributed by atoms with Gasteiger partial charge in [-0.2, -0.15) is 5.10 Å². The van der Waals surface area contributed by atoms with Crippen LogP contribution in [0.4, 0.5) is 0 Å². The fourth-order valence-electron chi connectivity index (χ4n) is 4.16. The number of aryl methyl sites for hydroxylation is 2. The lowest BCUT2D eigenvalue weighted by Gasteiger charge is -2.29. The maximum absolute atomic E-state index is 12.7. The van der Waals surface area contributed by atoms with Crippen LogP contribution in [0.25, 0.3) is 0 Å². The predicted molar refractivity (Wildman–Crippen MR) is 97.4 cm³/mol. The molecule has 2 aromatic rings. The molecular weight excluding hydrogens is 312 g/mol. The van der Waals surface area contributed by atoms with Crippen LogP contribution in [0.1, 0.15) is 35.0 Å². The summed E-state index contributed by atoms with van der Waals surface area (Å²) >= 11 is 0. The lowest BCUT2D eigenvalue weighted by atomic mass is 10.00. The summed E-state index contributed by atoms with van der Waals surface area (Å²) in [7, 11) is 0. The Morgan fingerprint density at radius 1 is 1.20 bits per heavy atom. The lowest BCUT2D eigenvalue weighted by molar-refractivity contribution is -0.131. The van der Waals surface area contributed by atoms with Crippen molar-refractivity contribution in [3.63, 3.8) is 0 Å². The molecule has 2 aliphatic heterocycles. The summed E-state index contributed by atoms with van der Waals surface area (Å²) in [5.74, 6) is 0.253. The zero-order chi connectivity index (χ0) is 17.4. The Hall–Kier alpha value is -2.14. The number of rotatable bonds is 3. The molecule has 3 heterocycles. The van der Waals surface area contributed by atoms with Gasteiger partial charge in [0.2, 0.25) is 5.91 Å². The molecule has 0 N–H and O–H groups in total. The average molecular weight is 338 g/mol. The van der Waals surface area contributed by atoms with Crippen LogP contribution in [-0.2, 0) is 17.8 Å². The summed E-state index contributed by atoms with van der Waals surface area (Å²) in [6, 6.07) is 11.0. The number of nitrogens with zero attached hydrogens (tertiary/aromatic N) is 4. The standard InChI is InChI=1S/C20H26N4O/c1-15-11-16(2)24(21-15)19-8-10-23(13-19)20(25)14-22-9-7-17-5-3-4-6-18(17)12-22/h3-6,11,19H,7-10,12-14H2,1-2H3. The smallest absolute Gasteiger partial charge is 0.236 e. The molecule has 0 spiro atoms. The number of amides is 1. The van der Waals surface area contributed by atoms with E-state index in [1.165, 1.54) is 16.8 Å². The van der Waals surface area contributed by atoms with Gasteiger partial charge in [-0.1, -0.05) is 24.3 Å². The third kappa shape index (κ3) is 3.33. The topological polar surface area (TPSA) is 41.4 Å². The molecule has 1 atom stereocenters. The number of carbonyl (C=O) groups excluding carboxylic acids is 1. The molecule has 0 radical (unpaired) electrons. The van der Waals surface area contributed by atoms with Gasteiger partial charge >= 0.3 is 0 Å². The first-order valence-electron chi connectivity index (χ1n) is 9.20. The van der Waals surface area contributed by atoms with E-state index in [1.54, 1.807) is 0 Å². The number of fused-ring (bicyclic) bond motifs is 1. The Kier molecular flexibility index (Phi) is 4.34. The summed E-state index contributed by atoms with van der Waals surface area (Å²) in [6.07, 6.45) is 2.04. The van der Waals surface area contributed by atoms with Gasteiger partial charge in [-0.25, -0.2) is 0 Å². The summed E-state index contributed by atoms with van der Waals surface area (Å²) in [5.41, 5.74) is 5.03. The first-order valence-corrected chi connectivity index (χ1v) is 9.20. The monoisotopic (exact) mass is 338 g/mol. The van der Waals surface area contributed by atoms with E-state index in [0.29, 0.717) is 12.6 Å². The molecule has 132 valence electrons. The van der Waals surface area contributed by atoms with Gasteiger partial charge in [0.1, 0.15) is 0 Å². The van der Waals surface area contributed by atoms with Crippen molar-refractivity contribution < 1.29 is 4.79 Å². The fraction of sp³-hybridized carbons (Fsp3) is 0.500. The van der Waals surface area contributed by atoms with Crippen molar-refractivity contribution >= 4 is 5.91 Å². The van der Waals surface area contributed by atoms with Gasteiger partial charge in [-0.15, -0.1) is 0 Å². The SMILES string of the molecule is Cc1cc(C)n(C2CCN(C(=O)CN3CCc4ccccc4C3)C2)n1. The fourth-order valence-corrected chi connectivity index (χ4v) is 4.16. The molecule has 1 amide bonds. The van der Waals surface area contributed by atoms with E-state index in [4.69, 9.17) is 0 Å². The number of benzene rings is 1. The zero-order valence-corrected chi connectivity index (χ0v) is 15.1. The molecule has 4 rings (SSSR count). The summed E-state index contributed by atoms with van der Waals surface area (Å²) in [4.78, 5) is 17.0. The molecule has 0 bridgehead atoms. The van der Waals surface area contributed by atoms with Crippen LogP contribution in [-0.4, -0.2) is 51.7 Å². The maximum Gasteiger partial charge on any atom is 0.236 e. The Balaban J connectivity index is 1.36. The largest absolute Gasteiger partial charge is 0.339 e. The van der Waals surface area contributed by atoms with Crippen molar-refractivity contribution in [1.29, 1.82) is 0 Å². The molecule has 2 aliphatic rings. The van der Waals surface area contributed by atoms with E-state index in [-0.39, 0.29) is 5.91 Å². The summed E-state index contributed by atoms with van der Waals surface area (Å²) < 4.78 is 2.10. The average Bonchev–Trinajstić information content (AvgIpc) is 3.21. The Morgan fingerprint density at radius 3 is 2.76 bits per heavy atom. The third-order valence-electron chi connectivity index (χ3n) is 5.48. The minimum Gasteiger partial charge on any atom is -0.339 e. The Bertz CT molecular complexity index is 782. The van der Waals surface area contributed by atoms with Gasteiger partial charge in [-0.05, 0) is 43.9 Å². The van der Waals surface area contributed by atoms with E-state index >= 15 is 0 Å².